The van der Waals surface area contributed by atoms with Crippen molar-refractivity contribution in [3.05, 3.63) is 81.4 Å². The van der Waals surface area contributed by atoms with Crippen LogP contribution >= 0.6 is 11.3 Å². The summed E-state index contributed by atoms with van der Waals surface area (Å²) >= 11 is 1.60. The van der Waals surface area contributed by atoms with Gasteiger partial charge in [-0.3, -0.25) is 9.69 Å². The van der Waals surface area contributed by atoms with Crippen LogP contribution in [-0.4, -0.2) is 60.7 Å². The van der Waals surface area contributed by atoms with Crippen LogP contribution in [-0.2, 0) is 32.2 Å². The molecule has 9 nitrogen and oxygen atoms in total. The molecule has 2 N–H and O–H groups in total. The van der Waals surface area contributed by atoms with Crippen LogP contribution in [0.5, 0.6) is 11.5 Å². The number of aromatic nitrogens is 3. The van der Waals surface area contributed by atoms with Crippen LogP contribution in [0.3, 0.4) is 0 Å². The maximum atomic E-state index is 15.2. The molecule has 6 rings (SSSR count). The van der Waals surface area contributed by atoms with Gasteiger partial charge < -0.3 is 19.4 Å². The van der Waals surface area contributed by atoms with Gasteiger partial charge in [0.25, 0.3) is 0 Å². The average Bonchev–Trinajstić information content (AvgIpc) is 3.72. The van der Waals surface area contributed by atoms with Gasteiger partial charge in [0.2, 0.25) is 0 Å². The van der Waals surface area contributed by atoms with Gasteiger partial charge in [-0.25, -0.2) is 22.2 Å². The van der Waals surface area contributed by atoms with Gasteiger partial charge in [-0.2, -0.15) is 0 Å². The number of aryl methyl sites for hydroxylation is 1. The molecule has 4 heterocycles. The van der Waals surface area contributed by atoms with Gasteiger partial charge in [0.15, 0.2) is 21.4 Å². The number of carbonyl (C=O) groups excluding carboxylic acids is 1. The first-order chi connectivity index (χ1) is 21.0. The third-order valence-electron chi connectivity index (χ3n) is 7.56. The molecule has 0 saturated carbocycles. The number of sulfone groups is 1. The Kier molecular flexibility index (Phi) is 8.03. The summed E-state index contributed by atoms with van der Waals surface area (Å²) in [5.41, 5.74) is 2.05. The second kappa shape index (κ2) is 11.8. The monoisotopic (exact) mass is 640 g/mol. The highest BCUT2D eigenvalue weighted by Gasteiger charge is 2.32. The van der Waals surface area contributed by atoms with Crippen molar-refractivity contribution >= 4 is 38.0 Å². The van der Waals surface area contributed by atoms with E-state index >= 15 is 8.78 Å². The molecule has 0 saturated heterocycles. The molecule has 44 heavy (non-hydrogen) atoms. The summed E-state index contributed by atoms with van der Waals surface area (Å²) in [6.07, 6.45) is 4.05. The number of fused-ring (bicyclic) bond motifs is 2. The summed E-state index contributed by atoms with van der Waals surface area (Å²) < 4.78 is 66.6. The maximum absolute atomic E-state index is 15.2. The van der Waals surface area contributed by atoms with Crippen molar-refractivity contribution < 1.29 is 31.5 Å². The van der Waals surface area contributed by atoms with E-state index < -0.39 is 27.2 Å². The summed E-state index contributed by atoms with van der Waals surface area (Å²) in [6.45, 7) is 2.88. The molecule has 1 unspecified atom stereocenters. The Labute approximate surface area is 256 Å². The number of rotatable bonds is 9. The van der Waals surface area contributed by atoms with Gasteiger partial charge >= 0.3 is 5.97 Å². The van der Waals surface area contributed by atoms with Crippen LogP contribution in [0, 0.1) is 11.6 Å². The number of carbonyl (C=O) groups is 1. The number of imidazole rings is 1. The third kappa shape index (κ3) is 5.74. The number of hydrogen-bond acceptors (Lipinski definition) is 8. The first-order valence-corrected chi connectivity index (χ1v) is 16.7. The quantitative estimate of drug-likeness (QED) is 0.185. The van der Waals surface area contributed by atoms with Gasteiger partial charge in [0, 0.05) is 57.8 Å². The summed E-state index contributed by atoms with van der Waals surface area (Å²) in [7, 11) is -1.89. The molecule has 0 spiro atoms. The van der Waals surface area contributed by atoms with Crippen LogP contribution in [0.15, 0.2) is 53.6 Å². The van der Waals surface area contributed by atoms with Crippen LogP contribution in [0.1, 0.15) is 40.5 Å². The molecule has 0 fully saturated rings. The van der Waals surface area contributed by atoms with Crippen molar-refractivity contribution in [2.24, 2.45) is 0 Å². The van der Waals surface area contributed by atoms with Crippen LogP contribution in [0.4, 0.5) is 8.78 Å². The second-order valence-electron chi connectivity index (χ2n) is 10.7. The number of nitrogens with one attached hydrogen (secondary N) is 2. The fraction of sp³-hybridized carbons (Fsp3) is 0.290. The topological polar surface area (TPSA) is 117 Å². The molecule has 5 aromatic rings. The SMILES string of the molecule is CCOC(=O)CCc1ccc(C2c3nc(-c4cc(Oc5c(F)cc6[nH]ccc6c5S(C)(=O)=O)ccc4F)[nH]c3CCN2C)s1. The Morgan fingerprint density at radius 2 is 1.98 bits per heavy atom. The van der Waals surface area contributed by atoms with Crippen molar-refractivity contribution in [1.29, 1.82) is 0 Å². The zero-order valence-corrected chi connectivity index (χ0v) is 25.9. The number of esters is 1. The van der Waals surface area contributed by atoms with Crippen molar-refractivity contribution in [3.63, 3.8) is 0 Å². The first-order valence-electron chi connectivity index (χ1n) is 14.0. The number of ether oxygens (including phenoxy) is 2. The minimum Gasteiger partial charge on any atom is -0.466 e. The Morgan fingerprint density at radius 3 is 2.75 bits per heavy atom. The standard InChI is InChI=1S/C31H30F2N4O5S2/c1-4-41-26(38)10-7-18-6-9-25(43-18)28-27-23(12-14-37(28)2)35-31(36-27)20-15-17(5-8-21(20)32)42-29-22(33)16-24-19(11-13-34-24)30(29)44(3,39)40/h5-6,8-9,11,13,15-16,28,34H,4,7,10,12,14H2,1-3H3,(H,35,36). The molecule has 1 aliphatic heterocycles. The molecule has 3 aromatic heterocycles. The summed E-state index contributed by atoms with van der Waals surface area (Å²) in [6, 6.07) is 10.4. The highest BCUT2D eigenvalue weighted by Crippen LogP contribution is 2.41. The van der Waals surface area contributed by atoms with Crippen molar-refractivity contribution in [1.82, 2.24) is 19.9 Å². The molecule has 0 radical (unpaired) electrons. The number of likely N-dealkylation sites (N-methyl/N-ethyl adjacent to an activating group) is 1. The van der Waals surface area contributed by atoms with E-state index in [9.17, 15) is 13.2 Å². The highest BCUT2D eigenvalue weighted by atomic mass is 32.2. The van der Waals surface area contributed by atoms with Crippen molar-refractivity contribution in [3.8, 4) is 22.9 Å². The van der Waals surface area contributed by atoms with E-state index in [1.54, 1.807) is 18.3 Å². The number of hydrogen-bond donors (Lipinski definition) is 2. The van der Waals surface area contributed by atoms with E-state index in [-0.39, 0.29) is 39.4 Å². The number of aromatic amines is 2. The fourth-order valence-corrected chi connectivity index (χ4v) is 7.77. The van der Waals surface area contributed by atoms with Gasteiger partial charge in [-0.15, -0.1) is 11.3 Å². The number of halogens is 2. The number of nitrogens with zero attached hydrogens (tertiary/aromatic N) is 2. The van der Waals surface area contributed by atoms with E-state index in [0.717, 1.165) is 40.0 Å². The highest BCUT2D eigenvalue weighted by molar-refractivity contribution is 7.91. The molecule has 13 heteroatoms. The zero-order valence-electron chi connectivity index (χ0n) is 24.2. The largest absolute Gasteiger partial charge is 0.466 e. The summed E-state index contributed by atoms with van der Waals surface area (Å²) in [5.74, 6) is -1.81. The number of thiophene rings is 1. The molecular weight excluding hydrogens is 610 g/mol. The fourth-order valence-electron chi connectivity index (χ4n) is 5.53. The average molecular weight is 641 g/mol. The predicted octanol–water partition coefficient (Wildman–Crippen LogP) is 6.17. The lowest BCUT2D eigenvalue weighted by atomic mass is 10.0. The van der Waals surface area contributed by atoms with Gasteiger partial charge in [0.1, 0.15) is 22.3 Å². The van der Waals surface area contributed by atoms with E-state index in [4.69, 9.17) is 14.5 Å². The molecule has 0 bridgehead atoms. The smallest absolute Gasteiger partial charge is 0.306 e. The third-order valence-corrected chi connectivity index (χ3v) is 9.90. The van der Waals surface area contributed by atoms with Crippen LogP contribution < -0.4 is 4.74 Å². The molecule has 1 aliphatic rings. The lowest BCUT2D eigenvalue weighted by Crippen LogP contribution is -2.32. The van der Waals surface area contributed by atoms with Crippen LogP contribution in [0.25, 0.3) is 22.3 Å². The predicted molar refractivity (Wildman–Crippen MR) is 163 cm³/mol. The van der Waals surface area contributed by atoms with Crippen molar-refractivity contribution in [2.45, 2.75) is 37.1 Å². The molecular formula is C31H30F2N4O5S2. The minimum absolute atomic E-state index is 0.0487. The Bertz CT molecular complexity index is 1980. The number of benzene rings is 2. The van der Waals surface area contributed by atoms with Gasteiger partial charge in [-0.1, -0.05) is 0 Å². The Morgan fingerprint density at radius 1 is 1.16 bits per heavy atom. The van der Waals surface area contributed by atoms with E-state index in [1.165, 1.54) is 30.5 Å². The summed E-state index contributed by atoms with van der Waals surface area (Å²) in [4.78, 5) is 26.7. The molecule has 0 amide bonds. The minimum atomic E-state index is -3.90. The van der Waals surface area contributed by atoms with E-state index in [1.807, 2.05) is 19.2 Å². The van der Waals surface area contributed by atoms with Crippen molar-refractivity contribution in [2.75, 3.05) is 26.5 Å². The zero-order chi connectivity index (χ0) is 31.2. The molecule has 1 atom stereocenters. The Balaban J connectivity index is 1.32. The van der Waals surface area contributed by atoms with E-state index in [0.29, 0.717) is 31.4 Å². The molecule has 0 aliphatic carbocycles. The lowest BCUT2D eigenvalue weighted by molar-refractivity contribution is -0.143. The number of H-pyrrole nitrogens is 2. The second-order valence-corrected chi connectivity index (χ2v) is 13.8. The molecule has 2 aromatic carbocycles. The van der Waals surface area contributed by atoms with Gasteiger partial charge in [0.05, 0.1) is 30.3 Å². The van der Waals surface area contributed by atoms with E-state index in [2.05, 4.69) is 14.9 Å². The Hall–Kier alpha value is -4.07. The van der Waals surface area contributed by atoms with Gasteiger partial charge in [-0.05, 0) is 56.8 Å². The lowest BCUT2D eigenvalue weighted by Gasteiger charge is -2.30. The first kappa shape index (κ1) is 30.0. The summed E-state index contributed by atoms with van der Waals surface area (Å²) in [5, 5.41) is 0.290. The van der Waals surface area contributed by atoms with Crippen LogP contribution in [0.2, 0.25) is 0 Å². The maximum Gasteiger partial charge on any atom is 0.306 e. The normalized spacial score (nSPS) is 15.4. The molecule has 230 valence electrons.